The summed E-state index contributed by atoms with van der Waals surface area (Å²) in [5, 5.41) is 6.06. The monoisotopic (exact) mass is 379 g/mol. The molecule has 2 aliphatic rings. The molecule has 0 aliphatic carbocycles. The Hall–Kier alpha value is -2.16. The van der Waals surface area contributed by atoms with Gasteiger partial charge in [-0.2, -0.15) is 0 Å². The lowest BCUT2D eigenvalue weighted by Gasteiger charge is -2.40. The zero-order chi connectivity index (χ0) is 18.9. The van der Waals surface area contributed by atoms with Gasteiger partial charge < -0.3 is 15.1 Å². The standard InChI is InChI=1S/C17H25N5O3S/c1-12-11-26-13(19-12)5-4-8-18-15(24)22-9-6-17(7-10-22)14(23)20(2)16(25)21(17)3/h11H,4-10H2,1-3H3,(H,18,24). The van der Waals surface area contributed by atoms with Crippen LogP contribution in [-0.2, 0) is 11.2 Å². The first kappa shape index (κ1) is 18.6. The van der Waals surface area contributed by atoms with E-state index in [0.29, 0.717) is 32.5 Å². The van der Waals surface area contributed by atoms with Crippen molar-refractivity contribution in [3.05, 3.63) is 16.1 Å². The molecule has 0 bridgehead atoms. The number of hydrogen-bond donors (Lipinski definition) is 1. The van der Waals surface area contributed by atoms with Crippen molar-refractivity contribution < 1.29 is 14.4 Å². The number of likely N-dealkylation sites (N-methyl/N-ethyl adjacent to an activating group) is 2. The van der Waals surface area contributed by atoms with Crippen LogP contribution in [0, 0.1) is 6.92 Å². The van der Waals surface area contributed by atoms with E-state index in [4.69, 9.17) is 0 Å². The fourth-order valence-electron chi connectivity index (χ4n) is 3.64. The summed E-state index contributed by atoms with van der Waals surface area (Å²) >= 11 is 1.65. The number of likely N-dealkylation sites (tertiary alicyclic amines) is 1. The van der Waals surface area contributed by atoms with Crippen LogP contribution in [-0.4, -0.2) is 76.9 Å². The topological polar surface area (TPSA) is 85.8 Å². The number of hydrogen-bond acceptors (Lipinski definition) is 5. The van der Waals surface area contributed by atoms with Gasteiger partial charge in [-0.1, -0.05) is 0 Å². The van der Waals surface area contributed by atoms with Crippen LogP contribution in [0.3, 0.4) is 0 Å². The number of aromatic nitrogens is 1. The molecule has 1 spiro atoms. The maximum Gasteiger partial charge on any atom is 0.327 e. The molecule has 2 fully saturated rings. The Bertz CT molecular complexity index is 711. The Labute approximate surface area is 157 Å². The number of rotatable bonds is 4. The van der Waals surface area contributed by atoms with E-state index in [1.165, 1.54) is 16.8 Å². The van der Waals surface area contributed by atoms with Crippen LogP contribution in [0.15, 0.2) is 5.38 Å². The van der Waals surface area contributed by atoms with E-state index < -0.39 is 5.54 Å². The highest BCUT2D eigenvalue weighted by molar-refractivity contribution is 7.09. The molecule has 5 amide bonds. The highest BCUT2D eigenvalue weighted by Crippen LogP contribution is 2.35. The summed E-state index contributed by atoms with van der Waals surface area (Å²) in [6.45, 7) is 3.51. The van der Waals surface area contributed by atoms with Gasteiger partial charge in [0.15, 0.2) is 0 Å². The largest absolute Gasteiger partial charge is 0.338 e. The summed E-state index contributed by atoms with van der Waals surface area (Å²) in [7, 11) is 3.18. The van der Waals surface area contributed by atoms with Crippen LogP contribution in [0.25, 0.3) is 0 Å². The number of nitrogens with zero attached hydrogens (tertiary/aromatic N) is 4. The number of amides is 5. The second-order valence-electron chi connectivity index (χ2n) is 6.94. The van der Waals surface area contributed by atoms with Gasteiger partial charge in [-0.15, -0.1) is 11.3 Å². The number of urea groups is 2. The molecular weight excluding hydrogens is 354 g/mol. The first-order valence-electron chi connectivity index (χ1n) is 8.85. The predicted octanol–water partition coefficient (Wildman–Crippen LogP) is 1.45. The number of aryl methyl sites for hydroxylation is 2. The van der Waals surface area contributed by atoms with Crippen molar-refractivity contribution in [1.29, 1.82) is 0 Å². The Balaban J connectivity index is 1.45. The fraction of sp³-hybridized carbons (Fsp3) is 0.647. The number of carbonyl (C=O) groups excluding carboxylic acids is 3. The molecule has 1 aromatic rings. The number of imide groups is 1. The zero-order valence-electron chi connectivity index (χ0n) is 15.4. The molecule has 8 nitrogen and oxygen atoms in total. The Kier molecular flexibility index (Phi) is 5.17. The summed E-state index contributed by atoms with van der Waals surface area (Å²) in [4.78, 5) is 45.7. The van der Waals surface area contributed by atoms with Crippen LogP contribution in [0.4, 0.5) is 9.59 Å². The maximum atomic E-state index is 12.5. The lowest BCUT2D eigenvalue weighted by atomic mass is 9.86. The first-order valence-corrected chi connectivity index (χ1v) is 9.73. The molecule has 142 valence electrons. The van der Waals surface area contributed by atoms with Crippen molar-refractivity contribution in [2.75, 3.05) is 33.7 Å². The number of carbonyl (C=O) groups is 3. The molecule has 0 saturated carbocycles. The number of piperidine rings is 1. The Morgan fingerprint density at radius 2 is 2.00 bits per heavy atom. The molecule has 2 aliphatic heterocycles. The Morgan fingerprint density at radius 3 is 2.54 bits per heavy atom. The quantitative estimate of drug-likeness (QED) is 0.634. The SMILES string of the molecule is Cc1csc(CCCNC(=O)N2CCC3(CC2)C(=O)N(C)C(=O)N3C)n1. The Morgan fingerprint density at radius 1 is 1.31 bits per heavy atom. The van der Waals surface area contributed by atoms with Gasteiger partial charge in [0.25, 0.3) is 5.91 Å². The van der Waals surface area contributed by atoms with Gasteiger partial charge in [0.05, 0.1) is 5.01 Å². The zero-order valence-corrected chi connectivity index (χ0v) is 16.3. The molecule has 0 radical (unpaired) electrons. The highest BCUT2D eigenvalue weighted by Gasteiger charge is 2.55. The smallest absolute Gasteiger partial charge is 0.327 e. The van der Waals surface area contributed by atoms with E-state index in [1.807, 2.05) is 12.3 Å². The molecule has 2 saturated heterocycles. The van der Waals surface area contributed by atoms with Crippen LogP contribution >= 0.6 is 11.3 Å². The van der Waals surface area contributed by atoms with Crippen molar-refractivity contribution in [1.82, 2.24) is 25.0 Å². The van der Waals surface area contributed by atoms with Gasteiger partial charge in [0.1, 0.15) is 5.54 Å². The maximum absolute atomic E-state index is 12.5. The van der Waals surface area contributed by atoms with E-state index in [0.717, 1.165) is 23.5 Å². The third kappa shape index (κ3) is 3.27. The van der Waals surface area contributed by atoms with E-state index in [2.05, 4.69) is 10.3 Å². The lowest BCUT2D eigenvalue weighted by molar-refractivity contribution is -0.134. The molecule has 0 aromatic carbocycles. The molecule has 1 N–H and O–H groups in total. The van der Waals surface area contributed by atoms with Crippen LogP contribution in [0.2, 0.25) is 0 Å². The average Bonchev–Trinajstić information content (AvgIpc) is 3.12. The molecule has 1 aromatic heterocycles. The second kappa shape index (κ2) is 7.22. The molecule has 0 unspecified atom stereocenters. The normalized spacial score (nSPS) is 19.6. The van der Waals surface area contributed by atoms with Crippen molar-refractivity contribution in [3.8, 4) is 0 Å². The average molecular weight is 379 g/mol. The van der Waals surface area contributed by atoms with Crippen LogP contribution in [0.5, 0.6) is 0 Å². The molecular formula is C17H25N5O3S. The number of thiazole rings is 1. The minimum atomic E-state index is -0.786. The summed E-state index contributed by atoms with van der Waals surface area (Å²) in [6, 6.07) is -0.381. The second-order valence-corrected chi connectivity index (χ2v) is 7.89. The predicted molar refractivity (Wildman–Crippen MR) is 98.0 cm³/mol. The number of nitrogens with one attached hydrogen (secondary N) is 1. The lowest BCUT2D eigenvalue weighted by Crippen LogP contribution is -2.57. The first-order chi connectivity index (χ1) is 12.3. The third-order valence-electron chi connectivity index (χ3n) is 5.31. The molecule has 26 heavy (non-hydrogen) atoms. The molecule has 9 heteroatoms. The van der Waals surface area contributed by atoms with E-state index in [9.17, 15) is 14.4 Å². The van der Waals surface area contributed by atoms with Gasteiger partial charge in [-0.25, -0.2) is 14.6 Å². The van der Waals surface area contributed by atoms with Crippen molar-refractivity contribution in [2.24, 2.45) is 0 Å². The van der Waals surface area contributed by atoms with Gasteiger partial charge >= 0.3 is 12.1 Å². The fourth-order valence-corrected chi connectivity index (χ4v) is 4.46. The minimum Gasteiger partial charge on any atom is -0.338 e. The van der Waals surface area contributed by atoms with Crippen molar-refractivity contribution in [2.45, 2.75) is 38.1 Å². The summed E-state index contributed by atoms with van der Waals surface area (Å²) in [5.41, 5.74) is 0.248. The van der Waals surface area contributed by atoms with Gasteiger partial charge in [-0.05, 0) is 26.2 Å². The van der Waals surface area contributed by atoms with Crippen LogP contribution < -0.4 is 5.32 Å². The third-order valence-corrected chi connectivity index (χ3v) is 6.33. The molecule has 0 atom stereocenters. The van der Waals surface area contributed by atoms with Crippen LogP contribution in [0.1, 0.15) is 30.0 Å². The summed E-state index contributed by atoms with van der Waals surface area (Å²) in [6.07, 6.45) is 2.65. The van der Waals surface area contributed by atoms with Gasteiger partial charge in [0.2, 0.25) is 0 Å². The van der Waals surface area contributed by atoms with Crippen molar-refractivity contribution >= 4 is 29.3 Å². The van der Waals surface area contributed by atoms with Crippen molar-refractivity contribution in [3.63, 3.8) is 0 Å². The van der Waals surface area contributed by atoms with Gasteiger partial charge in [0, 0.05) is 51.2 Å². The highest BCUT2D eigenvalue weighted by atomic mass is 32.1. The van der Waals surface area contributed by atoms with E-state index in [-0.39, 0.29) is 18.0 Å². The molecule has 3 rings (SSSR count). The minimum absolute atomic E-state index is 0.108. The summed E-state index contributed by atoms with van der Waals surface area (Å²) in [5.74, 6) is -0.163. The van der Waals surface area contributed by atoms with E-state index in [1.54, 1.807) is 23.3 Å². The molecule has 3 heterocycles. The van der Waals surface area contributed by atoms with E-state index >= 15 is 0 Å². The van der Waals surface area contributed by atoms with Gasteiger partial charge in [-0.3, -0.25) is 9.69 Å². The summed E-state index contributed by atoms with van der Waals surface area (Å²) < 4.78 is 0.